The molecule has 1 saturated heterocycles. The smallest absolute Gasteiger partial charge is 0.253 e. The maximum absolute atomic E-state index is 12.5. The van der Waals surface area contributed by atoms with Gasteiger partial charge >= 0.3 is 0 Å². The standard InChI is InChI=1S/C20H23N3O3/c24-20(22-11-15-5-6-18-19(9-15)26-14-25-18)16-10-17(13-21-12-16)23-7-3-1-2-4-8-23/h5-6,9-10,12-13H,1-4,7-8,11,14H2,(H,22,24). The molecule has 0 radical (unpaired) electrons. The molecule has 2 aliphatic heterocycles. The van der Waals surface area contributed by atoms with Crippen molar-refractivity contribution in [3.63, 3.8) is 0 Å². The maximum Gasteiger partial charge on any atom is 0.253 e. The van der Waals surface area contributed by atoms with Crippen LogP contribution >= 0.6 is 0 Å². The number of nitrogens with one attached hydrogen (secondary N) is 1. The number of anilines is 1. The van der Waals surface area contributed by atoms with Gasteiger partial charge in [0.2, 0.25) is 6.79 Å². The maximum atomic E-state index is 12.5. The molecular weight excluding hydrogens is 330 g/mol. The van der Waals surface area contributed by atoms with Crippen molar-refractivity contribution in [3.8, 4) is 11.5 Å². The number of rotatable bonds is 4. The summed E-state index contributed by atoms with van der Waals surface area (Å²) in [6.07, 6.45) is 8.41. The van der Waals surface area contributed by atoms with E-state index in [-0.39, 0.29) is 12.7 Å². The van der Waals surface area contributed by atoms with E-state index in [2.05, 4.69) is 15.2 Å². The number of nitrogens with zero attached hydrogens (tertiary/aromatic N) is 2. The number of amides is 1. The highest BCUT2D eigenvalue weighted by Crippen LogP contribution is 2.32. The van der Waals surface area contributed by atoms with Crippen LogP contribution in [0.3, 0.4) is 0 Å². The second-order valence-electron chi connectivity index (χ2n) is 6.70. The van der Waals surface area contributed by atoms with Gasteiger partial charge in [0.25, 0.3) is 5.91 Å². The van der Waals surface area contributed by atoms with Crippen LogP contribution in [0.15, 0.2) is 36.7 Å². The first-order valence-electron chi connectivity index (χ1n) is 9.16. The molecule has 1 aromatic carbocycles. The van der Waals surface area contributed by atoms with Crippen LogP contribution in [0.1, 0.15) is 41.6 Å². The number of benzene rings is 1. The molecule has 0 aliphatic carbocycles. The van der Waals surface area contributed by atoms with Crippen LogP contribution in [0, 0.1) is 0 Å². The largest absolute Gasteiger partial charge is 0.454 e. The topological polar surface area (TPSA) is 63.7 Å². The molecule has 0 saturated carbocycles. The molecule has 136 valence electrons. The first-order valence-corrected chi connectivity index (χ1v) is 9.16. The highest BCUT2D eigenvalue weighted by atomic mass is 16.7. The lowest BCUT2D eigenvalue weighted by molar-refractivity contribution is 0.0950. The quantitative estimate of drug-likeness (QED) is 0.915. The zero-order valence-corrected chi connectivity index (χ0v) is 14.7. The summed E-state index contributed by atoms with van der Waals surface area (Å²) in [5, 5.41) is 2.96. The molecule has 26 heavy (non-hydrogen) atoms. The molecule has 2 aliphatic rings. The number of hydrogen-bond acceptors (Lipinski definition) is 5. The van der Waals surface area contributed by atoms with Crippen LogP contribution < -0.4 is 19.7 Å². The van der Waals surface area contributed by atoms with Crippen LogP contribution in [0.4, 0.5) is 5.69 Å². The normalized spacial score (nSPS) is 16.2. The minimum Gasteiger partial charge on any atom is -0.454 e. The van der Waals surface area contributed by atoms with E-state index in [4.69, 9.17) is 9.47 Å². The first kappa shape index (κ1) is 16.7. The van der Waals surface area contributed by atoms with E-state index in [0.717, 1.165) is 35.8 Å². The molecule has 1 fully saturated rings. The Kier molecular flexibility index (Phi) is 4.91. The van der Waals surface area contributed by atoms with Crippen LogP contribution in [-0.2, 0) is 6.54 Å². The average molecular weight is 353 g/mol. The zero-order valence-electron chi connectivity index (χ0n) is 14.7. The average Bonchev–Trinajstić information content (AvgIpc) is 2.97. The molecule has 2 aromatic rings. The van der Waals surface area contributed by atoms with Gasteiger partial charge in [0, 0.05) is 25.8 Å². The van der Waals surface area contributed by atoms with Gasteiger partial charge in [-0.25, -0.2) is 0 Å². The molecule has 0 bridgehead atoms. The zero-order chi connectivity index (χ0) is 17.8. The Morgan fingerprint density at radius 1 is 1.04 bits per heavy atom. The summed E-state index contributed by atoms with van der Waals surface area (Å²) in [7, 11) is 0. The molecule has 1 aromatic heterocycles. The van der Waals surface area contributed by atoms with Crippen LogP contribution in [0.25, 0.3) is 0 Å². The summed E-state index contributed by atoms with van der Waals surface area (Å²) in [6.45, 7) is 2.75. The van der Waals surface area contributed by atoms with E-state index < -0.39 is 0 Å². The Morgan fingerprint density at radius 2 is 1.85 bits per heavy atom. The Hall–Kier alpha value is -2.76. The molecule has 1 amide bonds. The Bertz CT molecular complexity index is 786. The molecule has 4 rings (SSSR count). The fourth-order valence-electron chi connectivity index (χ4n) is 3.39. The molecule has 0 spiro atoms. The van der Waals surface area contributed by atoms with E-state index in [1.54, 1.807) is 6.20 Å². The van der Waals surface area contributed by atoms with Gasteiger partial charge in [-0.15, -0.1) is 0 Å². The SMILES string of the molecule is O=C(NCc1ccc2c(c1)OCO2)c1cncc(N2CCCCCC2)c1. The lowest BCUT2D eigenvalue weighted by Gasteiger charge is -2.22. The summed E-state index contributed by atoms with van der Waals surface area (Å²) in [6, 6.07) is 7.63. The van der Waals surface area contributed by atoms with Crippen molar-refractivity contribution in [3.05, 3.63) is 47.8 Å². The third-order valence-electron chi connectivity index (χ3n) is 4.85. The van der Waals surface area contributed by atoms with Crippen molar-refractivity contribution in [1.29, 1.82) is 0 Å². The lowest BCUT2D eigenvalue weighted by Crippen LogP contribution is -2.26. The molecule has 0 unspecified atom stereocenters. The lowest BCUT2D eigenvalue weighted by atomic mass is 10.2. The van der Waals surface area contributed by atoms with Crippen molar-refractivity contribution in [1.82, 2.24) is 10.3 Å². The summed E-state index contributed by atoms with van der Waals surface area (Å²) < 4.78 is 10.7. The van der Waals surface area contributed by atoms with Crippen molar-refractivity contribution < 1.29 is 14.3 Å². The van der Waals surface area contributed by atoms with Gasteiger partial charge in [0.05, 0.1) is 17.4 Å². The fraction of sp³-hybridized carbons (Fsp3) is 0.400. The van der Waals surface area contributed by atoms with Crippen molar-refractivity contribution in [2.24, 2.45) is 0 Å². The summed E-state index contributed by atoms with van der Waals surface area (Å²) in [5.74, 6) is 1.35. The van der Waals surface area contributed by atoms with E-state index in [1.165, 1.54) is 25.7 Å². The van der Waals surface area contributed by atoms with Crippen molar-refractivity contribution in [2.45, 2.75) is 32.2 Å². The van der Waals surface area contributed by atoms with E-state index >= 15 is 0 Å². The molecular formula is C20H23N3O3. The predicted octanol–water partition coefficient (Wildman–Crippen LogP) is 3.12. The second kappa shape index (κ2) is 7.64. The minimum absolute atomic E-state index is 0.119. The highest BCUT2D eigenvalue weighted by Gasteiger charge is 2.15. The van der Waals surface area contributed by atoms with Gasteiger partial charge in [-0.05, 0) is 36.6 Å². The van der Waals surface area contributed by atoms with Crippen LogP contribution in [0.2, 0.25) is 0 Å². The molecule has 6 heteroatoms. The first-order chi connectivity index (χ1) is 12.8. The number of hydrogen-bond donors (Lipinski definition) is 1. The van der Waals surface area contributed by atoms with Gasteiger partial charge in [0.15, 0.2) is 11.5 Å². The number of ether oxygens (including phenoxy) is 2. The Morgan fingerprint density at radius 3 is 2.69 bits per heavy atom. The molecule has 0 atom stereocenters. The van der Waals surface area contributed by atoms with E-state index in [0.29, 0.717) is 12.1 Å². The fourth-order valence-corrected chi connectivity index (χ4v) is 3.39. The molecule has 3 heterocycles. The number of fused-ring (bicyclic) bond motifs is 1. The van der Waals surface area contributed by atoms with Gasteiger partial charge in [-0.2, -0.15) is 0 Å². The third-order valence-corrected chi connectivity index (χ3v) is 4.85. The van der Waals surface area contributed by atoms with Crippen LogP contribution in [-0.4, -0.2) is 30.8 Å². The van der Waals surface area contributed by atoms with E-state index in [9.17, 15) is 4.79 Å². The Labute approximate surface area is 153 Å². The van der Waals surface area contributed by atoms with Crippen LogP contribution in [0.5, 0.6) is 11.5 Å². The minimum atomic E-state index is -0.119. The highest BCUT2D eigenvalue weighted by molar-refractivity contribution is 5.94. The van der Waals surface area contributed by atoms with Gasteiger partial charge < -0.3 is 19.7 Å². The summed E-state index contributed by atoms with van der Waals surface area (Å²) >= 11 is 0. The third kappa shape index (κ3) is 3.74. The number of pyridine rings is 1. The summed E-state index contributed by atoms with van der Waals surface area (Å²) in [4.78, 5) is 19.1. The number of carbonyl (C=O) groups is 1. The Balaban J connectivity index is 1.40. The summed E-state index contributed by atoms with van der Waals surface area (Å²) in [5.41, 5.74) is 2.59. The van der Waals surface area contributed by atoms with Gasteiger partial charge in [-0.3, -0.25) is 9.78 Å². The van der Waals surface area contributed by atoms with Gasteiger partial charge in [-0.1, -0.05) is 18.9 Å². The predicted molar refractivity (Wildman–Crippen MR) is 98.7 cm³/mol. The van der Waals surface area contributed by atoms with E-state index in [1.807, 2.05) is 30.5 Å². The van der Waals surface area contributed by atoms with Crippen molar-refractivity contribution in [2.75, 3.05) is 24.8 Å². The second-order valence-corrected chi connectivity index (χ2v) is 6.70. The molecule has 6 nitrogen and oxygen atoms in total. The monoisotopic (exact) mass is 353 g/mol. The number of aromatic nitrogens is 1. The van der Waals surface area contributed by atoms with Gasteiger partial charge in [0.1, 0.15) is 0 Å². The van der Waals surface area contributed by atoms with Crippen molar-refractivity contribution >= 4 is 11.6 Å². The number of carbonyl (C=O) groups excluding carboxylic acids is 1. The molecule has 1 N–H and O–H groups in total.